The summed E-state index contributed by atoms with van der Waals surface area (Å²) in [7, 11) is -1.55. The summed E-state index contributed by atoms with van der Waals surface area (Å²) in [6.45, 7) is -0.131. The molecule has 0 bridgehead atoms. The third kappa shape index (κ3) is 4.65. The van der Waals surface area contributed by atoms with Gasteiger partial charge in [0.15, 0.2) is 5.82 Å². The summed E-state index contributed by atoms with van der Waals surface area (Å²) in [5.41, 5.74) is -0.0390. The summed E-state index contributed by atoms with van der Waals surface area (Å²) in [6.07, 6.45) is 0. The Morgan fingerprint density at radius 2 is 1.81 bits per heavy atom. The van der Waals surface area contributed by atoms with Gasteiger partial charge in [0.2, 0.25) is 10.0 Å². The molecule has 10 nitrogen and oxygen atoms in total. The first-order valence-electron chi connectivity index (χ1n) is 10.3. The molecule has 0 amide bonds. The van der Waals surface area contributed by atoms with E-state index in [1.54, 1.807) is 42.5 Å². The number of H-pyrrole nitrogens is 1. The van der Waals surface area contributed by atoms with E-state index in [1.165, 1.54) is 14.2 Å². The molecule has 4 aromatic rings. The van der Waals surface area contributed by atoms with Gasteiger partial charge in [-0.1, -0.05) is 35.3 Å². The van der Waals surface area contributed by atoms with Gasteiger partial charge in [-0.3, -0.25) is 0 Å². The summed E-state index contributed by atoms with van der Waals surface area (Å²) in [6, 6.07) is 13.1. The number of benzene rings is 3. The van der Waals surface area contributed by atoms with Crippen molar-refractivity contribution in [2.45, 2.75) is 11.4 Å². The van der Waals surface area contributed by atoms with Crippen molar-refractivity contribution < 1.29 is 23.4 Å². The Labute approximate surface area is 216 Å². The molecule has 0 aliphatic carbocycles. The molecule has 0 saturated carbocycles. The number of hydrogen-bond donors (Lipinski definition) is 3. The quantitative estimate of drug-likeness (QED) is 0.318. The van der Waals surface area contributed by atoms with Gasteiger partial charge in [-0.05, 0) is 36.4 Å². The van der Waals surface area contributed by atoms with E-state index in [0.717, 1.165) is 21.0 Å². The fourth-order valence-electron chi connectivity index (χ4n) is 3.64. The maximum absolute atomic E-state index is 13.4. The van der Waals surface area contributed by atoms with Crippen molar-refractivity contribution in [1.29, 1.82) is 0 Å². The maximum Gasteiger partial charge on any atom is 0.348 e. The first-order valence-corrected chi connectivity index (χ1v) is 12.5. The Morgan fingerprint density at radius 1 is 1.08 bits per heavy atom. The maximum atomic E-state index is 13.4. The van der Waals surface area contributed by atoms with E-state index in [4.69, 9.17) is 27.9 Å². The number of para-hydroxylation sites is 1. The summed E-state index contributed by atoms with van der Waals surface area (Å²) in [5, 5.41) is 27.9. The Kier molecular flexibility index (Phi) is 7.01. The van der Waals surface area contributed by atoms with Gasteiger partial charge in [0, 0.05) is 30.2 Å². The highest BCUT2D eigenvalue weighted by atomic mass is 35.5. The van der Waals surface area contributed by atoms with E-state index in [1.807, 2.05) is 0 Å². The van der Waals surface area contributed by atoms with Crippen LogP contribution in [0.15, 0.2) is 64.3 Å². The second-order valence-electron chi connectivity index (χ2n) is 7.69. The van der Waals surface area contributed by atoms with Crippen LogP contribution in [0.1, 0.15) is 5.56 Å². The lowest BCUT2D eigenvalue weighted by Gasteiger charge is -2.20. The molecule has 0 unspecified atom stereocenters. The third-order valence-corrected chi connectivity index (χ3v) is 7.79. The highest BCUT2D eigenvalue weighted by molar-refractivity contribution is 7.89. The van der Waals surface area contributed by atoms with Gasteiger partial charge in [-0.2, -0.15) is 9.40 Å². The van der Waals surface area contributed by atoms with E-state index in [-0.39, 0.29) is 28.6 Å². The fraction of sp³-hybridized carbons (Fsp3) is 0.130. The Hall–Kier alpha value is -3.51. The van der Waals surface area contributed by atoms with E-state index in [2.05, 4.69) is 10.2 Å². The number of aromatic nitrogens is 3. The van der Waals surface area contributed by atoms with Crippen molar-refractivity contribution >= 4 is 33.2 Å². The van der Waals surface area contributed by atoms with Crippen molar-refractivity contribution in [3.63, 3.8) is 0 Å². The minimum Gasteiger partial charge on any atom is -0.507 e. The van der Waals surface area contributed by atoms with Gasteiger partial charge in [-0.15, -0.1) is 0 Å². The second-order valence-corrected chi connectivity index (χ2v) is 10.6. The molecule has 1 heterocycles. The molecule has 0 radical (unpaired) electrons. The molecule has 0 aliphatic heterocycles. The summed E-state index contributed by atoms with van der Waals surface area (Å²) in [5.74, 6) is -0.875. The lowest BCUT2D eigenvalue weighted by atomic mass is 10.1. The third-order valence-electron chi connectivity index (χ3n) is 5.41. The number of aromatic amines is 1. The van der Waals surface area contributed by atoms with Crippen molar-refractivity contribution in [3.8, 4) is 34.3 Å². The number of sulfonamides is 1. The predicted octanol–water partition coefficient (Wildman–Crippen LogP) is 3.77. The van der Waals surface area contributed by atoms with Crippen molar-refractivity contribution in [3.05, 3.63) is 80.7 Å². The number of rotatable bonds is 7. The first-order chi connectivity index (χ1) is 17.0. The topological polar surface area (TPSA) is 138 Å². The predicted molar refractivity (Wildman–Crippen MR) is 135 cm³/mol. The lowest BCUT2D eigenvalue weighted by Crippen LogP contribution is -2.27. The smallest absolute Gasteiger partial charge is 0.348 e. The Bertz CT molecular complexity index is 1620. The fourth-order valence-corrected chi connectivity index (χ4v) is 5.29. The van der Waals surface area contributed by atoms with Crippen LogP contribution in [0.4, 0.5) is 0 Å². The van der Waals surface area contributed by atoms with Gasteiger partial charge >= 0.3 is 5.69 Å². The largest absolute Gasteiger partial charge is 0.507 e. The summed E-state index contributed by atoms with van der Waals surface area (Å²) < 4.78 is 34.3. The van der Waals surface area contributed by atoms with Gasteiger partial charge in [0.25, 0.3) is 0 Å². The second kappa shape index (κ2) is 9.86. The van der Waals surface area contributed by atoms with Crippen LogP contribution in [-0.4, -0.2) is 51.9 Å². The number of methoxy groups -OCH3 is 1. The number of hydrogen-bond acceptors (Lipinski definition) is 7. The number of nitrogens with one attached hydrogen (secondary N) is 1. The van der Waals surface area contributed by atoms with Crippen molar-refractivity contribution in [2.75, 3.05) is 14.2 Å². The SMILES string of the molecule is COc1ccc(Cl)cc1CN(C)S(=O)(=O)c1cc(-c2n[nH]c(=O)n2-c2ccccc2Cl)c(O)cc1O. The molecule has 3 aromatic carbocycles. The highest BCUT2D eigenvalue weighted by Gasteiger charge is 2.29. The monoisotopic (exact) mass is 550 g/mol. The average molecular weight is 551 g/mol. The Balaban J connectivity index is 1.81. The molecule has 0 saturated heterocycles. The summed E-state index contributed by atoms with van der Waals surface area (Å²) in [4.78, 5) is 12.0. The highest BCUT2D eigenvalue weighted by Crippen LogP contribution is 2.38. The van der Waals surface area contributed by atoms with Gasteiger partial charge in [0.1, 0.15) is 22.1 Å². The van der Waals surface area contributed by atoms with Crippen LogP contribution >= 0.6 is 23.2 Å². The molecule has 0 spiro atoms. The molecule has 36 heavy (non-hydrogen) atoms. The number of aromatic hydroxyl groups is 2. The van der Waals surface area contributed by atoms with Crippen molar-refractivity contribution in [1.82, 2.24) is 19.1 Å². The molecule has 0 fully saturated rings. The first kappa shape index (κ1) is 25.6. The normalized spacial score (nSPS) is 11.7. The molecule has 0 atom stereocenters. The van der Waals surface area contributed by atoms with E-state index in [0.29, 0.717) is 16.3 Å². The molecular formula is C23H20Cl2N4O6S. The molecule has 0 aliphatic rings. The minimum absolute atomic E-state index is 0.110. The average Bonchev–Trinajstić information content (AvgIpc) is 3.20. The van der Waals surface area contributed by atoms with Gasteiger partial charge in [-0.25, -0.2) is 22.9 Å². The van der Waals surface area contributed by atoms with E-state index in [9.17, 15) is 23.4 Å². The van der Waals surface area contributed by atoms with Gasteiger partial charge < -0.3 is 14.9 Å². The zero-order valence-electron chi connectivity index (χ0n) is 18.9. The van der Waals surface area contributed by atoms with Crippen LogP contribution in [0.5, 0.6) is 17.2 Å². The molecule has 3 N–H and O–H groups in total. The number of ether oxygens (including phenoxy) is 1. The van der Waals surface area contributed by atoms with Crippen molar-refractivity contribution in [2.24, 2.45) is 0 Å². The van der Waals surface area contributed by atoms with Crippen LogP contribution < -0.4 is 10.4 Å². The number of nitrogens with zero attached hydrogens (tertiary/aromatic N) is 3. The van der Waals surface area contributed by atoms with Crippen LogP contribution in [0.25, 0.3) is 17.1 Å². The molecular weight excluding hydrogens is 531 g/mol. The standard InChI is InChI=1S/C23H20Cl2N4O6S/c1-28(12-13-9-14(24)7-8-20(13)35-2)36(33,34)21-10-15(18(30)11-19(21)31)22-26-27-23(32)29(22)17-6-4-3-5-16(17)25/h3-11,30-31H,12H2,1-2H3,(H,27,32). The zero-order chi connectivity index (χ0) is 26.2. The number of halogens is 2. The molecule has 1 aromatic heterocycles. The van der Waals surface area contributed by atoms with E-state index < -0.39 is 32.1 Å². The summed E-state index contributed by atoms with van der Waals surface area (Å²) >= 11 is 12.3. The minimum atomic E-state index is -4.31. The van der Waals surface area contributed by atoms with Crippen LogP contribution in [0.3, 0.4) is 0 Å². The molecule has 13 heteroatoms. The Morgan fingerprint density at radius 3 is 2.50 bits per heavy atom. The number of phenolic OH excluding ortho intramolecular Hbond substituents is 2. The zero-order valence-corrected chi connectivity index (χ0v) is 21.3. The van der Waals surface area contributed by atoms with E-state index >= 15 is 0 Å². The van der Waals surface area contributed by atoms with Gasteiger partial charge in [0.05, 0.1) is 23.4 Å². The van der Waals surface area contributed by atoms with Crippen LogP contribution in [0.2, 0.25) is 10.0 Å². The number of phenols is 2. The van der Waals surface area contributed by atoms with Crippen LogP contribution in [0, 0.1) is 0 Å². The molecule has 188 valence electrons. The lowest BCUT2D eigenvalue weighted by molar-refractivity contribution is 0.396. The molecule has 4 rings (SSSR count). The van der Waals surface area contributed by atoms with Crippen LogP contribution in [-0.2, 0) is 16.6 Å².